The van der Waals surface area contributed by atoms with Crippen LogP contribution in [-0.2, 0) is 21.1 Å². The Bertz CT molecular complexity index is 654. The molecule has 2 unspecified atom stereocenters. The van der Waals surface area contributed by atoms with Crippen molar-refractivity contribution in [1.82, 2.24) is 10.6 Å². The summed E-state index contributed by atoms with van der Waals surface area (Å²) in [7, 11) is -3.34. The molecule has 0 aliphatic carbocycles. The Morgan fingerprint density at radius 2 is 1.76 bits per heavy atom. The Morgan fingerprint density at radius 1 is 1.12 bits per heavy atom. The summed E-state index contributed by atoms with van der Waals surface area (Å²) >= 11 is 0. The van der Waals surface area contributed by atoms with Crippen LogP contribution in [0.25, 0.3) is 0 Å². The van der Waals surface area contributed by atoms with E-state index in [1.54, 1.807) is 0 Å². The zero-order valence-corrected chi connectivity index (χ0v) is 15.9. The Kier molecular flexibility index (Phi) is 7.28. The molecule has 7 heteroatoms. The first-order valence-corrected chi connectivity index (χ1v) is 10.6. The van der Waals surface area contributed by atoms with E-state index in [9.17, 15) is 13.2 Å². The van der Waals surface area contributed by atoms with E-state index in [0.717, 1.165) is 37.7 Å². The standard InChI is InChI=1S/C18H26N2O3S.ClH/c21-18(20-17-11-15-8-9-16(12-17)19-15)13-24(22,23)10-4-7-14-5-2-1-3-6-14;/h1-3,5-6,15-17,19H,4,7-13H2,(H,20,21);1H. The highest BCUT2D eigenvalue weighted by atomic mass is 35.5. The third kappa shape index (κ3) is 6.28. The molecule has 2 fully saturated rings. The average molecular weight is 387 g/mol. The number of carbonyl (C=O) groups is 1. The number of halogens is 1. The number of sulfone groups is 1. The lowest BCUT2D eigenvalue weighted by molar-refractivity contribution is -0.119. The number of fused-ring (bicyclic) bond motifs is 2. The molecule has 0 radical (unpaired) electrons. The molecule has 1 amide bonds. The summed E-state index contributed by atoms with van der Waals surface area (Å²) in [4.78, 5) is 12.1. The van der Waals surface area contributed by atoms with E-state index < -0.39 is 9.84 Å². The molecule has 140 valence electrons. The monoisotopic (exact) mass is 386 g/mol. The van der Waals surface area contributed by atoms with Gasteiger partial charge in [-0.1, -0.05) is 30.3 Å². The molecule has 2 aliphatic rings. The van der Waals surface area contributed by atoms with Crippen LogP contribution in [0.15, 0.2) is 30.3 Å². The van der Waals surface area contributed by atoms with Crippen molar-refractivity contribution in [3.8, 4) is 0 Å². The summed E-state index contributed by atoms with van der Waals surface area (Å²) in [5, 5.41) is 6.44. The van der Waals surface area contributed by atoms with Gasteiger partial charge in [-0.05, 0) is 44.1 Å². The number of benzene rings is 1. The van der Waals surface area contributed by atoms with Crippen LogP contribution in [0.2, 0.25) is 0 Å². The summed E-state index contributed by atoms with van der Waals surface area (Å²) in [6.07, 6.45) is 5.42. The fraction of sp³-hybridized carbons (Fsp3) is 0.611. The number of hydrogen-bond acceptors (Lipinski definition) is 4. The molecule has 3 rings (SSSR count). The van der Waals surface area contributed by atoms with Crippen LogP contribution in [0.5, 0.6) is 0 Å². The van der Waals surface area contributed by atoms with Gasteiger partial charge in [-0.25, -0.2) is 8.42 Å². The van der Waals surface area contributed by atoms with E-state index in [-0.39, 0.29) is 35.9 Å². The number of amides is 1. The molecule has 2 bridgehead atoms. The predicted octanol–water partition coefficient (Wildman–Crippen LogP) is 1.85. The number of carbonyl (C=O) groups excluding carboxylic acids is 1. The first kappa shape index (κ1) is 20.2. The highest BCUT2D eigenvalue weighted by Crippen LogP contribution is 2.26. The number of piperidine rings is 1. The molecule has 1 aromatic carbocycles. The maximum absolute atomic E-state index is 12.1. The molecule has 1 aromatic rings. The fourth-order valence-electron chi connectivity index (χ4n) is 3.86. The SMILES string of the molecule is Cl.O=C(CS(=O)(=O)CCCc1ccccc1)NC1CC2CCC(C1)N2. The largest absolute Gasteiger partial charge is 0.352 e. The first-order valence-electron chi connectivity index (χ1n) is 8.80. The van der Waals surface area contributed by atoms with Crippen molar-refractivity contribution in [2.75, 3.05) is 11.5 Å². The van der Waals surface area contributed by atoms with Crippen molar-refractivity contribution >= 4 is 28.2 Å². The Labute approximate surface area is 156 Å². The zero-order chi connectivity index (χ0) is 17.0. The van der Waals surface area contributed by atoms with E-state index in [1.807, 2.05) is 30.3 Å². The van der Waals surface area contributed by atoms with E-state index in [0.29, 0.717) is 18.5 Å². The van der Waals surface area contributed by atoms with E-state index in [4.69, 9.17) is 0 Å². The van der Waals surface area contributed by atoms with Crippen LogP contribution in [0.1, 0.15) is 37.7 Å². The smallest absolute Gasteiger partial charge is 0.235 e. The third-order valence-electron chi connectivity index (χ3n) is 4.95. The van der Waals surface area contributed by atoms with Gasteiger partial charge in [0.1, 0.15) is 5.75 Å². The summed E-state index contributed by atoms with van der Waals surface area (Å²) < 4.78 is 24.3. The van der Waals surface area contributed by atoms with E-state index in [1.165, 1.54) is 0 Å². The van der Waals surface area contributed by atoms with Gasteiger partial charge in [0, 0.05) is 18.1 Å². The summed E-state index contributed by atoms with van der Waals surface area (Å²) in [5.41, 5.74) is 1.13. The molecule has 5 nitrogen and oxygen atoms in total. The van der Waals surface area contributed by atoms with Crippen molar-refractivity contribution in [3.63, 3.8) is 0 Å². The van der Waals surface area contributed by atoms with Gasteiger partial charge in [0.2, 0.25) is 5.91 Å². The van der Waals surface area contributed by atoms with Crippen LogP contribution in [-0.4, -0.2) is 44.0 Å². The molecule has 2 saturated heterocycles. The molecule has 25 heavy (non-hydrogen) atoms. The van der Waals surface area contributed by atoms with Gasteiger partial charge in [0.15, 0.2) is 9.84 Å². The number of nitrogens with one attached hydrogen (secondary N) is 2. The summed E-state index contributed by atoms with van der Waals surface area (Å²) in [6.45, 7) is 0. The summed E-state index contributed by atoms with van der Waals surface area (Å²) in [5.74, 6) is -0.672. The first-order chi connectivity index (χ1) is 11.5. The molecule has 0 saturated carbocycles. The van der Waals surface area contributed by atoms with E-state index in [2.05, 4.69) is 10.6 Å². The van der Waals surface area contributed by atoms with Gasteiger partial charge in [-0.2, -0.15) is 0 Å². The van der Waals surface area contributed by atoms with Crippen LogP contribution < -0.4 is 10.6 Å². The maximum Gasteiger partial charge on any atom is 0.235 e. The van der Waals surface area contributed by atoms with Gasteiger partial charge >= 0.3 is 0 Å². The Hall–Kier alpha value is -1.11. The minimum Gasteiger partial charge on any atom is -0.352 e. The molecule has 0 aromatic heterocycles. The second kappa shape index (κ2) is 9.01. The third-order valence-corrected chi connectivity index (χ3v) is 6.57. The molecule has 0 spiro atoms. The molecule has 2 atom stereocenters. The van der Waals surface area contributed by atoms with E-state index >= 15 is 0 Å². The molecular weight excluding hydrogens is 360 g/mol. The number of hydrogen-bond donors (Lipinski definition) is 2. The van der Waals surface area contributed by atoms with Crippen molar-refractivity contribution in [1.29, 1.82) is 0 Å². The second-order valence-corrected chi connectivity index (χ2v) is 9.24. The maximum atomic E-state index is 12.1. The quantitative estimate of drug-likeness (QED) is 0.750. The van der Waals surface area contributed by atoms with Gasteiger partial charge in [0.05, 0.1) is 5.75 Å². The predicted molar refractivity (Wildman–Crippen MR) is 102 cm³/mol. The highest BCUT2D eigenvalue weighted by molar-refractivity contribution is 7.92. The molecule has 2 aliphatic heterocycles. The average Bonchev–Trinajstić information content (AvgIpc) is 2.86. The van der Waals surface area contributed by atoms with Gasteiger partial charge in [-0.3, -0.25) is 4.79 Å². The summed E-state index contributed by atoms with van der Waals surface area (Å²) in [6, 6.07) is 10.9. The number of rotatable bonds is 7. The molecule has 2 N–H and O–H groups in total. The van der Waals surface area contributed by atoms with Gasteiger partial charge in [-0.15, -0.1) is 12.4 Å². The second-order valence-electron chi connectivity index (χ2n) is 7.05. The van der Waals surface area contributed by atoms with Crippen LogP contribution in [0, 0.1) is 0 Å². The lowest BCUT2D eigenvalue weighted by Crippen LogP contribution is -2.49. The minimum atomic E-state index is -3.34. The Balaban J connectivity index is 0.00000225. The molecular formula is C18H27ClN2O3S. The minimum absolute atomic E-state index is 0. The fourth-order valence-corrected chi connectivity index (χ4v) is 5.07. The highest BCUT2D eigenvalue weighted by Gasteiger charge is 2.34. The van der Waals surface area contributed by atoms with Crippen molar-refractivity contribution < 1.29 is 13.2 Å². The normalized spacial score (nSPS) is 25.2. The zero-order valence-electron chi connectivity index (χ0n) is 14.3. The van der Waals surface area contributed by atoms with Crippen molar-refractivity contribution in [2.24, 2.45) is 0 Å². The van der Waals surface area contributed by atoms with Gasteiger partial charge in [0.25, 0.3) is 0 Å². The van der Waals surface area contributed by atoms with Crippen LogP contribution in [0.4, 0.5) is 0 Å². The topological polar surface area (TPSA) is 75.3 Å². The Morgan fingerprint density at radius 3 is 2.40 bits per heavy atom. The number of aryl methyl sites for hydroxylation is 1. The van der Waals surface area contributed by atoms with Crippen molar-refractivity contribution in [3.05, 3.63) is 35.9 Å². The van der Waals surface area contributed by atoms with Crippen molar-refractivity contribution in [2.45, 2.75) is 56.7 Å². The van der Waals surface area contributed by atoms with Crippen LogP contribution in [0.3, 0.4) is 0 Å². The van der Waals surface area contributed by atoms with Gasteiger partial charge < -0.3 is 10.6 Å². The van der Waals surface area contributed by atoms with Crippen LogP contribution >= 0.6 is 12.4 Å². The lowest BCUT2D eigenvalue weighted by Gasteiger charge is -2.29. The lowest BCUT2D eigenvalue weighted by atomic mass is 10.00. The molecule has 2 heterocycles.